The Bertz CT molecular complexity index is 1370. The fourth-order valence-electron chi connectivity index (χ4n) is 4.40. The summed E-state index contributed by atoms with van der Waals surface area (Å²) in [4.78, 5) is 20.6. The summed E-state index contributed by atoms with van der Waals surface area (Å²) in [5.74, 6) is -0.0619. The number of hydrogen-bond acceptors (Lipinski definition) is 6. The number of nitrogens with zero attached hydrogens (tertiary/aromatic N) is 2. The molecule has 2 N–H and O–H groups in total. The molecule has 1 amide bonds. The third kappa shape index (κ3) is 6.20. The summed E-state index contributed by atoms with van der Waals surface area (Å²) in [6.45, 7) is 5.21. The molecule has 37 heavy (non-hydrogen) atoms. The quantitative estimate of drug-likeness (QED) is 0.412. The van der Waals surface area contributed by atoms with Crippen molar-refractivity contribution in [3.63, 3.8) is 0 Å². The Kier molecular flexibility index (Phi) is 7.75. The van der Waals surface area contributed by atoms with E-state index in [4.69, 9.17) is 0 Å². The van der Waals surface area contributed by atoms with Gasteiger partial charge in [0.05, 0.1) is 28.6 Å². The number of sulfonamides is 1. The molecule has 0 aliphatic carbocycles. The molecule has 12 heteroatoms. The number of hydrogen-bond donors (Lipinski definition) is 2. The molecule has 1 aliphatic heterocycles. The summed E-state index contributed by atoms with van der Waals surface area (Å²) in [6.07, 6.45) is -4.30. The summed E-state index contributed by atoms with van der Waals surface area (Å²) in [7, 11) is -2.21. The maximum absolute atomic E-state index is 12.9. The van der Waals surface area contributed by atoms with Crippen LogP contribution in [0.25, 0.3) is 0 Å². The van der Waals surface area contributed by atoms with Gasteiger partial charge in [0.25, 0.3) is 0 Å². The monoisotopic (exact) mass is 552 g/mol. The summed E-state index contributed by atoms with van der Waals surface area (Å²) in [6, 6.07) is 11.3. The molecule has 1 aliphatic rings. The van der Waals surface area contributed by atoms with Crippen molar-refractivity contribution in [2.75, 3.05) is 12.4 Å². The highest BCUT2D eigenvalue weighted by Crippen LogP contribution is 2.43. The Hall–Kier alpha value is -2.80. The van der Waals surface area contributed by atoms with Crippen LogP contribution >= 0.6 is 11.3 Å². The molecule has 0 bridgehead atoms. The molecule has 0 saturated heterocycles. The zero-order valence-electron chi connectivity index (χ0n) is 20.5. The first kappa shape index (κ1) is 27.2. The van der Waals surface area contributed by atoms with Crippen LogP contribution in [0.2, 0.25) is 0 Å². The lowest BCUT2D eigenvalue weighted by molar-refractivity contribution is -0.137. The molecule has 2 aromatic carbocycles. The molecular weight excluding hydrogens is 525 g/mol. The number of halogens is 3. The molecule has 4 rings (SSSR count). The lowest BCUT2D eigenvalue weighted by Gasteiger charge is -2.27. The standard InChI is InChI=1S/C25H27F3N4O3S2/c1-15(2)23-22-20(14-32(23)13-17-4-8-18(9-5-17)25(26,27)28)36-24(31-22)30-21(33)12-16-6-10-19(11-7-16)37(34,35)29-3/h4-11,15,23,29H,12-14H2,1-3H3,(H,30,31,33)/t23-/m0/s1. The number of aromatic nitrogens is 1. The van der Waals surface area contributed by atoms with Gasteiger partial charge < -0.3 is 5.32 Å². The van der Waals surface area contributed by atoms with Gasteiger partial charge in [0.1, 0.15) is 0 Å². The van der Waals surface area contributed by atoms with Crippen LogP contribution in [0.1, 0.15) is 47.2 Å². The van der Waals surface area contributed by atoms with Gasteiger partial charge in [0, 0.05) is 18.0 Å². The first-order chi connectivity index (χ1) is 17.4. The number of nitrogens with one attached hydrogen (secondary N) is 2. The topological polar surface area (TPSA) is 91.4 Å². The van der Waals surface area contributed by atoms with Gasteiger partial charge in [-0.05, 0) is 48.4 Å². The van der Waals surface area contributed by atoms with Crippen LogP contribution in [0.3, 0.4) is 0 Å². The molecule has 0 unspecified atom stereocenters. The molecule has 3 aromatic rings. The molecular formula is C25H27F3N4O3S2. The van der Waals surface area contributed by atoms with Crippen molar-refractivity contribution in [1.29, 1.82) is 0 Å². The molecule has 0 spiro atoms. The van der Waals surface area contributed by atoms with E-state index >= 15 is 0 Å². The minimum Gasteiger partial charge on any atom is -0.302 e. The maximum Gasteiger partial charge on any atom is 0.416 e. The number of benzene rings is 2. The average Bonchev–Trinajstić information content (AvgIpc) is 3.35. The maximum atomic E-state index is 12.9. The Balaban J connectivity index is 1.41. The van der Waals surface area contributed by atoms with Crippen molar-refractivity contribution in [2.24, 2.45) is 5.92 Å². The van der Waals surface area contributed by atoms with Crippen molar-refractivity contribution in [3.8, 4) is 0 Å². The van der Waals surface area contributed by atoms with E-state index in [0.717, 1.165) is 28.3 Å². The van der Waals surface area contributed by atoms with E-state index in [9.17, 15) is 26.4 Å². The van der Waals surface area contributed by atoms with Crippen LogP contribution in [-0.4, -0.2) is 31.3 Å². The van der Waals surface area contributed by atoms with E-state index in [2.05, 4.69) is 33.8 Å². The number of carbonyl (C=O) groups is 1. The van der Waals surface area contributed by atoms with Crippen molar-refractivity contribution >= 4 is 32.4 Å². The van der Waals surface area contributed by atoms with Crippen molar-refractivity contribution in [3.05, 3.63) is 75.8 Å². The van der Waals surface area contributed by atoms with E-state index in [1.165, 1.54) is 42.6 Å². The van der Waals surface area contributed by atoms with Crippen molar-refractivity contribution in [2.45, 2.75) is 50.5 Å². The lowest BCUT2D eigenvalue weighted by Crippen LogP contribution is -2.26. The number of thiazole rings is 1. The predicted molar refractivity (Wildman–Crippen MR) is 135 cm³/mol. The van der Waals surface area contributed by atoms with Crippen molar-refractivity contribution in [1.82, 2.24) is 14.6 Å². The van der Waals surface area contributed by atoms with Gasteiger partial charge in [0.2, 0.25) is 15.9 Å². The average molecular weight is 553 g/mol. The smallest absolute Gasteiger partial charge is 0.302 e. The second-order valence-electron chi connectivity index (χ2n) is 9.19. The molecule has 0 fully saturated rings. The molecule has 7 nitrogen and oxygen atoms in total. The van der Waals surface area contributed by atoms with Gasteiger partial charge >= 0.3 is 6.18 Å². The highest BCUT2D eigenvalue weighted by molar-refractivity contribution is 7.89. The third-order valence-corrected chi connectivity index (χ3v) is 8.56. The Morgan fingerprint density at radius 2 is 1.73 bits per heavy atom. The summed E-state index contributed by atoms with van der Waals surface area (Å²) in [5, 5.41) is 3.32. The number of rotatable bonds is 8. The number of alkyl halides is 3. The van der Waals surface area contributed by atoms with Crippen molar-refractivity contribution < 1.29 is 26.4 Å². The van der Waals surface area contributed by atoms with Crippen LogP contribution in [0.15, 0.2) is 53.4 Å². The second kappa shape index (κ2) is 10.5. The van der Waals surface area contributed by atoms with Gasteiger partial charge in [-0.15, -0.1) is 11.3 Å². The van der Waals surface area contributed by atoms with Gasteiger partial charge in [-0.1, -0.05) is 38.1 Å². The molecule has 1 aromatic heterocycles. The van der Waals surface area contributed by atoms with E-state index in [0.29, 0.717) is 23.8 Å². The van der Waals surface area contributed by atoms with Crippen LogP contribution in [0.4, 0.5) is 18.3 Å². The zero-order chi connectivity index (χ0) is 27.0. The van der Waals surface area contributed by atoms with Crippen LogP contribution < -0.4 is 10.0 Å². The number of fused-ring (bicyclic) bond motifs is 1. The number of anilines is 1. The predicted octanol–water partition coefficient (Wildman–Crippen LogP) is 4.96. The first-order valence-electron chi connectivity index (χ1n) is 11.6. The van der Waals surface area contributed by atoms with Crippen LogP contribution in [0.5, 0.6) is 0 Å². The number of carbonyl (C=O) groups excluding carboxylic acids is 1. The summed E-state index contributed by atoms with van der Waals surface area (Å²) < 4.78 is 64.6. The Labute approximate surface area is 217 Å². The van der Waals surface area contributed by atoms with E-state index in [1.54, 1.807) is 12.1 Å². The fourth-order valence-corrected chi connectivity index (χ4v) is 6.17. The second-order valence-corrected chi connectivity index (χ2v) is 12.2. The van der Waals surface area contributed by atoms with E-state index in [-0.39, 0.29) is 29.2 Å². The minimum atomic E-state index is -4.36. The lowest BCUT2D eigenvalue weighted by atomic mass is 10.0. The number of amides is 1. The Morgan fingerprint density at radius 3 is 2.30 bits per heavy atom. The summed E-state index contributed by atoms with van der Waals surface area (Å²) >= 11 is 1.39. The zero-order valence-corrected chi connectivity index (χ0v) is 22.1. The molecule has 0 saturated carbocycles. The fraction of sp³-hybridized carbons (Fsp3) is 0.360. The highest BCUT2D eigenvalue weighted by Gasteiger charge is 2.36. The van der Waals surface area contributed by atoms with Gasteiger partial charge in [-0.2, -0.15) is 13.2 Å². The van der Waals surface area contributed by atoms with Crippen LogP contribution in [0, 0.1) is 5.92 Å². The van der Waals surface area contributed by atoms with Gasteiger partial charge in [-0.3, -0.25) is 9.69 Å². The molecule has 198 valence electrons. The van der Waals surface area contributed by atoms with E-state index < -0.39 is 21.8 Å². The SMILES string of the molecule is CNS(=O)(=O)c1ccc(CC(=O)Nc2nc3c(s2)CN(Cc2ccc(C(F)(F)F)cc2)[C@H]3C(C)C)cc1. The first-order valence-corrected chi connectivity index (χ1v) is 13.9. The van der Waals surface area contributed by atoms with Gasteiger partial charge in [-0.25, -0.2) is 18.1 Å². The normalized spacial score (nSPS) is 16.2. The largest absolute Gasteiger partial charge is 0.416 e. The molecule has 2 heterocycles. The molecule has 0 radical (unpaired) electrons. The highest BCUT2D eigenvalue weighted by atomic mass is 32.2. The minimum absolute atomic E-state index is 0.0270. The van der Waals surface area contributed by atoms with Gasteiger partial charge in [0.15, 0.2) is 5.13 Å². The Morgan fingerprint density at radius 1 is 1.11 bits per heavy atom. The van der Waals surface area contributed by atoms with Crippen LogP contribution in [-0.2, 0) is 40.5 Å². The third-order valence-electron chi connectivity index (χ3n) is 6.16. The summed E-state index contributed by atoms with van der Waals surface area (Å²) in [5.41, 5.74) is 1.66. The van der Waals surface area contributed by atoms with E-state index in [1.807, 2.05) is 0 Å². The molecule has 1 atom stereocenters.